The van der Waals surface area contributed by atoms with Crippen LogP contribution in [0.2, 0.25) is 0 Å². The van der Waals surface area contributed by atoms with Crippen LogP contribution in [0.5, 0.6) is 0 Å². The lowest BCUT2D eigenvalue weighted by atomic mass is 10.2. The molecule has 0 bridgehead atoms. The molecule has 1 heterocycles. The fourth-order valence-corrected chi connectivity index (χ4v) is 2.89. The van der Waals surface area contributed by atoms with Crippen LogP contribution in [-0.2, 0) is 16.2 Å². The van der Waals surface area contributed by atoms with Crippen molar-refractivity contribution in [3.8, 4) is 0 Å². The molecule has 0 amide bonds. The number of hydrogen-bond donors (Lipinski definition) is 2. The molecule has 2 rings (SSSR count). The number of aromatic nitrogens is 2. The van der Waals surface area contributed by atoms with Gasteiger partial charge in [0.2, 0.25) is 10.0 Å². The monoisotopic (exact) mass is 360 g/mol. The number of hydrogen-bond acceptors (Lipinski definition) is 5. The predicted molar refractivity (Wildman–Crippen MR) is 84.5 cm³/mol. The zero-order valence-corrected chi connectivity index (χ0v) is 13.4. The number of nitrogens with one attached hydrogen (secondary N) is 2. The molecule has 0 fully saturated rings. The number of benzene rings is 1. The van der Waals surface area contributed by atoms with E-state index in [4.69, 9.17) is 0 Å². The third-order valence-corrected chi connectivity index (χ3v) is 4.35. The summed E-state index contributed by atoms with van der Waals surface area (Å²) >= 11 is 0. The fraction of sp³-hybridized carbons (Fsp3) is 0.286. The Bertz CT molecular complexity index is 775. The van der Waals surface area contributed by atoms with E-state index in [1.165, 1.54) is 24.3 Å². The zero-order chi connectivity index (χ0) is 17.8. The van der Waals surface area contributed by atoms with Crippen molar-refractivity contribution in [1.29, 1.82) is 0 Å². The molecule has 0 radical (unpaired) electrons. The van der Waals surface area contributed by atoms with Crippen LogP contribution < -0.4 is 10.0 Å². The van der Waals surface area contributed by atoms with E-state index in [0.717, 1.165) is 12.1 Å². The lowest BCUT2D eigenvalue weighted by Crippen LogP contribution is -2.17. The molecule has 0 aliphatic heterocycles. The molecule has 130 valence electrons. The molecule has 1 aromatic carbocycles. The average molecular weight is 360 g/mol. The summed E-state index contributed by atoms with van der Waals surface area (Å²) in [5.74, 6) is 0.315. The van der Waals surface area contributed by atoms with Crippen LogP contribution in [0.4, 0.5) is 30.5 Å². The predicted octanol–water partition coefficient (Wildman–Crippen LogP) is 3.39. The molecule has 0 aliphatic rings. The number of alkyl halides is 3. The van der Waals surface area contributed by atoms with Gasteiger partial charge < -0.3 is 5.32 Å². The van der Waals surface area contributed by atoms with Crippen molar-refractivity contribution in [3.63, 3.8) is 0 Å². The highest BCUT2D eigenvalue weighted by atomic mass is 32.2. The van der Waals surface area contributed by atoms with Gasteiger partial charge >= 0.3 is 6.18 Å². The summed E-state index contributed by atoms with van der Waals surface area (Å²) in [6.07, 6.45) is -3.92. The molecule has 10 heteroatoms. The van der Waals surface area contributed by atoms with Gasteiger partial charge in [-0.3, -0.25) is 4.72 Å². The van der Waals surface area contributed by atoms with Crippen molar-refractivity contribution in [2.45, 2.75) is 19.5 Å². The van der Waals surface area contributed by atoms with Crippen molar-refractivity contribution in [2.24, 2.45) is 0 Å². The van der Waals surface area contributed by atoms with Crippen LogP contribution in [-0.4, -0.2) is 24.4 Å². The van der Waals surface area contributed by atoms with Crippen LogP contribution >= 0.6 is 0 Å². The maximum atomic E-state index is 12.5. The van der Waals surface area contributed by atoms with Gasteiger partial charge in [0.05, 0.1) is 11.3 Å². The molecule has 0 saturated carbocycles. The Labute approximate surface area is 137 Å². The quantitative estimate of drug-likeness (QED) is 0.825. The molecule has 2 N–H and O–H groups in total. The van der Waals surface area contributed by atoms with E-state index in [9.17, 15) is 21.6 Å². The molecular formula is C14H15F3N4O2S. The van der Waals surface area contributed by atoms with Crippen molar-refractivity contribution in [3.05, 3.63) is 42.0 Å². The summed E-state index contributed by atoms with van der Waals surface area (Å²) in [5.41, 5.74) is -0.351. The Morgan fingerprint density at radius 3 is 2.08 bits per heavy atom. The molecule has 6 nitrogen and oxygen atoms in total. The zero-order valence-electron chi connectivity index (χ0n) is 12.6. The highest BCUT2D eigenvalue weighted by molar-refractivity contribution is 7.92. The van der Waals surface area contributed by atoms with E-state index in [2.05, 4.69) is 20.2 Å². The smallest absolute Gasteiger partial charge is 0.339 e. The third-order valence-electron chi connectivity index (χ3n) is 2.88. The number of halogens is 3. The number of nitrogens with zero attached hydrogens (tertiary/aromatic N) is 2. The molecule has 1 aromatic heterocycles. The van der Waals surface area contributed by atoms with Crippen molar-refractivity contribution >= 4 is 27.3 Å². The fourth-order valence-electron chi connectivity index (χ4n) is 1.82. The van der Waals surface area contributed by atoms with E-state index < -0.39 is 21.8 Å². The molecule has 0 aliphatic carbocycles. The molecule has 0 unspecified atom stereocenters. The van der Waals surface area contributed by atoms with Gasteiger partial charge in [-0.2, -0.15) is 13.2 Å². The van der Waals surface area contributed by atoms with Gasteiger partial charge in [0.25, 0.3) is 0 Å². The first-order chi connectivity index (χ1) is 11.2. The second kappa shape index (κ2) is 7.04. The minimum Gasteiger partial charge on any atom is -0.339 e. The largest absolute Gasteiger partial charge is 0.416 e. The van der Waals surface area contributed by atoms with E-state index in [1.54, 1.807) is 6.92 Å². The Morgan fingerprint density at radius 1 is 1.00 bits per heavy atom. The van der Waals surface area contributed by atoms with Gasteiger partial charge in [0, 0.05) is 5.69 Å². The second-order valence-corrected chi connectivity index (χ2v) is 6.77. The number of anilines is 3. The van der Waals surface area contributed by atoms with Crippen molar-refractivity contribution in [1.82, 2.24) is 10.2 Å². The van der Waals surface area contributed by atoms with Crippen molar-refractivity contribution < 1.29 is 21.6 Å². The maximum absolute atomic E-state index is 12.5. The lowest BCUT2D eigenvalue weighted by molar-refractivity contribution is -0.137. The SMILES string of the molecule is CCCS(=O)(=O)Nc1ccc(Nc2ccc(C(F)(F)F)cc2)nn1. The van der Waals surface area contributed by atoms with Gasteiger partial charge in [0.15, 0.2) is 11.6 Å². The summed E-state index contributed by atoms with van der Waals surface area (Å²) in [4.78, 5) is 0. The minimum absolute atomic E-state index is 0.0275. The average Bonchev–Trinajstić information content (AvgIpc) is 2.48. The Balaban J connectivity index is 2.04. The Kier molecular flexibility index (Phi) is 5.27. The van der Waals surface area contributed by atoms with Crippen LogP contribution in [0.1, 0.15) is 18.9 Å². The van der Waals surface area contributed by atoms with Gasteiger partial charge in [-0.15, -0.1) is 10.2 Å². The first-order valence-electron chi connectivity index (χ1n) is 6.98. The summed E-state index contributed by atoms with van der Waals surface area (Å²) in [5, 5.41) is 10.3. The summed E-state index contributed by atoms with van der Waals surface area (Å²) in [6, 6.07) is 7.30. The Morgan fingerprint density at radius 2 is 1.58 bits per heavy atom. The van der Waals surface area contributed by atoms with Crippen LogP contribution in [0.15, 0.2) is 36.4 Å². The third kappa shape index (κ3) is 5.08. The van der Waals surface area contributed by atoms with E-state index >= 15 is 0 Å². The molecule has 0 saturated heterocycles. The summed E-state index contributed by atoms with van der Waals surface area (Å²) in [6.45, 7) is 1.74. The summed E-state index contributed by atoms with van der Waals surface area (Å²) < 4.78 is 62.9. The van der Waals surface area contributed by atoms with Gasteiger partial charge in [-0.1, -0.05) is 6.92 Å². The van der Waals surface area contributed by atoms with Crippen LogP contribution in [0.25, 0.3) is 0 Å². The number of sulfonamides is 1. The van der Waals surface area contributed by atoms with E-state index in [1.807, 2.05) is 0 Å². The molecule has 2 aromatic rings. The first-order valence-corrected chi connectivity index (χ1v) is 8.63. The van der Waals surface area contributed by atoms with E-state index in [-0.39, 0.29) is 17.4 Å². The Hall–Kier alpha value is -2.36. The van der Waals surface area contributed by atoms with E-state index in [0.29, 0.717) is 12.1 Å². The van der Waals surface area contributed by atoms with Gasteiger partial charge in [0.1, 0.15) is 0 Å². The summed E-state index contributed by atoms with van der Waals surface area (Å²) in [7, 11) is -3.45. The maximum Gasteiger partial charge on any atom is 0.416 e. The highest BCUT2D eigenvalue weighted by Gasteiger charge is 2.29. The molecule has 0 spiro atoms. The molecular weight excluding hydrogens is 345 g/mol. The molecule has 0 atom stereocenters. The molecule has 24 heavy (non-hydrogen) atoms. The second-order valence-electron chi connectivity index (χ2n) is 4.92. The first kappa shape index (κ1) is 18.0. The highest BCUT2D eigenvalue weighted by Crippen LogP contribution is 2.30. The normalized spacial score (nSPS) is 12.0. The van der Waals surface area contributed by atoms with Crippen LogP contribution in [0.3, 0.4) is 0 Å². The topological polar surface area (TPSA) is 84.0 Å². The number of rotatable bonds is 6. The minimum atomic E-state index is -4.39. The van der Waals surface area contributed by atoms with Crippen molar-refractivity contribution in [2.75, 3.05) is 15.8 Å². The van der Waals surface area contributed by atoms with Gasteiger partial charge in [-0.25, -0.2) is 8.42 Å². The lowest BCUT2D eigenvalue weighted by Gasteiger charge is -2.09. The van der Waals surface area contributed by atoms with Crippen LogP contribution in [0, 0.1) is 0 Å². The van der Waals surface area contributed by atoms with Gasteiger partial charge in [-0.05, 0) is 42.8 Å². The standard InChI is InChI=1S/C14H15F3N4O2S/c1-2-9-24(22,23)21-13-8-7-12(19-20-13)18-11-5-3-10(4-6-11)14(15,16)17/h3-8H,2,9H2,1H3,(H,18,19)(H,20,21).